The normalized spacial score (nSPS) is 11.8. The number of halogens is 1. The van der Waals surface area contributed by atoms with E-state index in [1.807, 2.05) is 17.8 Å². The van der Waals surface area contributed by atoms with Gasteiger partial charge in [0.2, 0.25) is 0 Å². The van der Waals surface area contributed by atoms with Crippen molar-refractivity contribution in [3.63, 3.8) is 0 Å². The molecule has 0 spiro atoms. The molecule has 102 valence electrons. The molecule has 0 unspecified atom stereocenters. The van der Waals surface area contributed by atoms with Gasteiger partial charge in [-0.05, 0) is 35.0 Å². The maximum atomic E-state index is 5.81. The zero-order valence-corrected chi connectivity index (χ0v) is 14.0. The first-order valence-electron chi connectivity index (χ1n) is 6.40. The predicted molar refractivity (Wildman–Crippen MR) is 89.4 cm³/mol. The van der Waals surface area contributed by atoms with Gasteiger partial charge < -0.3 is 4.74 Å². The maximum absolute atomic E-state index is 5.81. The summed E-state index contributed by atoms with van der Waals surface area (Å²) >= 11 is 5.41. The highest BCUT2D eigenvalue weighted by Gasteiger charge is 2.09. The molecule has 0 saturated carbocycles. The van der Waals surface area contributed by atoms with Crippen LogP contribution in [-0.2, 0) is 0 Å². The Kier molecular flexibility index (Phi) is 4.80. The van der Waals surface area contributed by atoms with E-state index in [2.05, 4.69) is 67.0 Å². The molecule has 19 heavy (non-hydrogen) atoms. The molecule has 0 aliphatic heterocycles. The lowest BCUT2D eigenvalue weighted by Crippen LogP contribution is -2.11. The first kappa shape index (κ1) is 14.7. The van der Waals surface area contributed by atoms with Crippen LogP contribution in [0, 0.1) is 0 Å². The minimum absolute atomic E-state index is 0.305. The van der Waals surface area contributed by atoms with Crippen molar-refractivity contribution in [3.05, 3.63) is 40.9 Å². The van der Waals surface area contributed by atoms with Gasteiger partial charge in [0.25, 0.3) is 0 Å². The van der Waals surface area contributed by atoms with Crippen molar-refractivity contribution in [1.29, 1.82) is 0 Å². The van der Waals surface area contributed by atoms with Gasteiger partial charge >= 0.3 is 0 Å². The smallest absolute Gasteiger partial charge is 0.119 e. The SMILES string of the molecule is CC(C)(C)SCCOc1ccc2cc(Br)ccc2c1. The molecule has 0 radical (unpaired) electrons. The molecule has 0 bridgehead atoms. The Morgan fingerprint density at radius 2 is 1.74 bits per heavy atom. The molecule has 0 N–H and O–H groups in total. The predicted octanol–water partition coefficient (Wildman–Crippen LogP) is 5.51. The minimum Gasteiger partial charge on any atom is -0.493 e. The van der Waals surface area contributed by atoms with Crippen LogP contribution in [0.1, 0.15) is 20.8 Å². The Morgan fingerprint density at radius 3 is 2.47 bits per heavy atom. The molecular weight excluding hydrogens is 320 g/mol. The molecule has 3 heteroatoms. The second-order valence-corrected chi connectivity index (χ2v) is 8.30. The number of rotatable bonds is 4. The molecule has 0 atom stereocenters. The summed E-state index contributed by atoms with van der Waals surface area (Å²) in [5, 5.41) is 2.44. The molecule has 2 aromatic carbocycles. The lowest BCUT2D eigenvalue weighted by atomic mass is 10.1. The van der Waals surface area contributed by atoms with Gasteiger partial charge in [0.15, 0.2) is 0 Å². The van der Waals surface area contributed by atoms with E-state index < -0.39 is 0 Å². The van der Waals surface area contributed by atoms with Crippen molar-refractivity contribution < 1.29 is 4.74 Å². The van der Waals surface area contributed by atoms with Crippen molar-refractivity contribution >= 4 is 38.5 Å². The fraction of sp³-hybridized carbons (Fsp3) is 0.375. The van der Waals surface area contributed by atoms with Crippen LogP contribution in [0.5, 0.6) is 5.75 Å². The van der Waals surface area contributed by atoms with E-state index in [0.29, 0.717) is 4.75 Å². The highest BCUT2D eigenvalue weighted by Crippen LogP contribution is 2.25. The Morgan fingerprint density at radius 1 is 1.05 bits per heavy atom. The topological polar surface area (TPSA) is 9.23 Å². The molecule has 0 aliphatic carbocycles. The number of hydrogen-bond acceptors (Lipinski definition) is 2. The zero-order chi connectivity index (χ0) is 13.9. The lowest BCUT2D eigenvalue weighted by molar-refractivity contribution is 0.344. The average Bonchev–Trinajstić information content (AvgIpc) is 2.33. The Bertz CT molecular complexity index is 560. The molecule has 0 amide bonds. The van der Waals surface area contributed by atoms with E-state index in [1.54, 1.807) is 0 Å². The van der Waals surface area contributed by atoms with Gasteiger partial charge in [-0.15, -0.1) is 0 Å². The van der Waals surface area contributed by atoms with E-state index in [9.17, 15) is 0 Å². The number of thioether (sulfide) groups is 1. The molecule has 0 aliphatic rings. The maximum Gasteiger partial charge on any atom is 0.119 e. The third-order valence-electron chi connectivity index (χ3n) is 2.66. The Balaban J connectivity index is 1.96. The molecule has 0 aromatic heterocycles. The van der Waals surface area contributed by atoms with E-state index in [0.717, 1.165) is 22.6 Å². The fourth-order valence-corrected chi connectivity index (χ4v) is 2.95. The molecule has 2 aromatic rings. The molecular formula is C16H19BrOS. The number of hydrogen-bond donors (Lipinski definition) is 0. The lowest BCUT2D eigenvalue weighted by Gasteiger charge is -2.17. The second kappa shape index (κ2) is 6.19. The number of fused-ring (bicyclic) bond motifs is 1. The molecule has 0 heterocycles. The number of ether oxygens (including phenoxy) is 1. The van der Waals surface area contributed by atoms with Gasteiger partial charge in [0.1, 0.15) is 5.75 Å². The first-order valence-corrected chi connectivity index (χ1v) is 8.18. The summed E-state index contributed by atoms with van der Waals surface area (Å²) in [5.74, 6) is 1.96. The summed E-state index contributed by atoms with van der Waals surface area (Å²) in [6, 6.07) is 12.5. The fourth-order valence-electron chi connectivity index (χ4n) is 1.79. The van der Waals surface area contributed by atoms with Gasteiger partial charge in [-0.1, -0.05) is 48.8 Å². The van der Waals surface area contributed by atoms with Gasteiger partial charge in [-0.3, -0.25) is 0 Å². The first-order chi connectivity index (χ1) is 8.94. The second-order valence-electron chi connectivity index (χ2n) is 5.46. The summed E-state index contributed by atoms with van der Waals surface area (Å²) in [5.41, 5.74) is 0. The van der Waals surface area contributed by atoms with Crippen LogP contribution in [0.2, 0.25) is 0 Å². The minimum atomic E-state index is 0.305. The average molecular weight is 339 g/mol. The van der Waals surface area contributed by atoms with Gasteiger partial charge in [-0.25, -0.2) is 0 Å². The van der Waals surface area contributed by atoms with Gasteiger partial charge in [0.05, 0.1) is 6.61 Å². The monoisotopic (exact) mass is 338 g/mol. The number of benzene rings is 2. The quantitative estimate of drug-likeness (QED) is 0.679. The summed E-state index contributed by atoms with van der Waals surface area (Å²) in [6.07, 6.45) is 0. The molecule has 0 fully saturated rings. The summed E-state index contributed by atoms with van der Waals surface area (Å²) < 4.78 is 7.22. The van der Waals surface area contributed by atoms with Crippen LogP contribution in [0.4, 0.5) is 0 Å². The van der Waals surface area contributed by atoms with Crippen molar-refractivity contribution in [2.45, 2.75) is 25.5 Å². The van der Waals surface area contributed by atoms with Crippen molar-refractivity contribution in [1.82, 2.24) is 0 Å². The van der Waals surface area contributed by atoms with Crippen LogP contribution >= 0.6 is 27.7 Å². The van der Waals surface area contributed by atoms with Crippen molar-refractivity contribution in [2.75, 3.05) is 12.4 Å². The highest BCUT2D eigenvalue weighted by molar-refractivity contribution is 9.10. The largest absolute Gasteiger partial charge is 0.493 e. The van der Waals surface area contributed by atoms with Crippen molar-refractivity contribution in [2.24, 2.45) is 0 Å². The standard InChI is InChI=1S/C16H19BrOS/c1-16(2,3)19-9-8-18-15-7-5-12-10-14(17)6-4-13(12)11-15/h4-7,10-11H,8-9H2,1-3H3. The summed E-state index contributed by atoms with van der Waals surface area (Å²) in [7, 11) is 0. The van der Waals surface area contributed by atoms with E-state index >= 15 is 0 Å². The van der Waals surface area contributed by atoms with E-state index in [1.165, 1.54) is 10.8 Å². The van der Waals surface area contributed by atoms with E-state index in [4.69, 9.17) is 4.74 Å². The van der Waals surface area contributed by atoms with Crippen LogP contribution < -0.4 is 4.74 Å². The van der Waals surface area contributed by atoms with Crippen LogP contribution in [0.15, 0.2) is 40.9 Å². The molecule has 0 saturated heterocycles. The van der Waals surface area contributed by atoms with Crippen molar-refractivity contribution in [3.8, 4) is 5.75 Å². The molecule has 2 rings (SSSR count). The Hall–Kier alpha value is -0.670. The third kappa shape index (κ3) is 4.73. The summed E-state index contributed by atoms with van der Waals surface area (Å²) in [4.78, 5) is 0. The Labute approximate surface area is 127 Å². The molecule has 1 nitrogen and oxygen atoms in total. The summed E-state index contributed by atoms with van der Waals surface area (Å²) in [6.45, 7) is 7.44. The van der Waals surface area contributed by atoms with Gasteiger partial charge in [0, 0.05) is 15.0 Å². The highest BCUT2D eigenvalue weighted by atomic mass is 79.9. The van der Waals surface area contributed by atoms with E-state index in [-0.39, 0.29) is 0 Å². The van der Waals surface area contributed by atoms with Gasteiger partial charge in [-0.2, -0.15) is 11.8 Å². The third-order valence-corrected chi connectivity index (χ3v) is 4.39. The van der Waals surface area contributed by atoms with Crippen LogP contribution in [0.3, 0.4) is 0 Å². The zero-order valence-electron chi connectivity index (χ0n) is 11.6. The van der Waals surface area contributed by atoms with Crippen LogP contribution in [0.25, 0.3) is 10.8 Å². The van der Waals surface area contributed by atoms with Crippen LogP contribution in [-0.4, -0.2) is 17.1 Å².